The van der Waals surface area contributed by atoms with E-state index >= 15 is 0 Å². The molecule has 1 fully saturated rings. The highest BCUT2D eigenvalue weighted by molar-refractivity contribution is 5.70. The highest BCUT2D eigenvalue weighted by Gasteiger charge is 2.45. The van der Waals surface area contributed by atoms with Crippen LogP contribution in [-0.4, -0.2) is 69.4 Å². The first-order valence-electron chi connectivity index (χ1n) is 19.1. The molecule has 1 saturated heterocycles. The van der Waals surface area contributed by atoms with Crippen molar-refractivity contribution in [1.29, 1.82) is 0 Å². The van der Waals surface area contributed by atoms with Crippen molar-refractivity contribution in [3.8, 4) is 11.5 Å². The zero-order chi connectivity index (χ0) is 39.8. The third kappa shape index (κ3) is 11.0. The zero-order valence-electron chi connectivity index (χ0n) is 35.4. The minimum atomic E-state index is -0.354. The molecule has 0 atom stereocenters. The number of benzene rings is 2. The molecule has 2 N–H and O–H groups in total. The Labute approximate surface area is 315 Å². The number of piperazine rings is 1. The molecule has 1 aliphatic rings. The number of ether oxygens (including phenoxy) is 1. The molecular formula is C44H70N2O6. The molecule has 3 rings (SSSR count). The van der Waals surface area contributed by atoms with E-state index in [-0.39, 0.29) is 64.1 Å². The molecule has 292 valence electrons. The van der Waals surface area contributed by atoms with E-state index in [1.54, 1.807) is 5.06 Å². The summed E-state index contributed by atoms with van der Waals surface area (Å²) in [5.41, 5.74) is 3.92. The van der Waals surface area contributed by atoms with Crippen LogP contribution in [-0.2, 0) is 53.7 Å². The van der Waals surface area contributed by atoms with Gasteiger partial charge in [-0.25, -0.2) is 0 Å². The first kappa shape index (κ1) is 43.3. The summed E-state index contributed by atoms with van der Waals surface area (Å²) in [4.78, 5) is 34.4. The SMILES string of the molecule is CC(C)(C)c1cc(CCC(=O)OCCN2C(C)(C)CN(OC(=O)CCc3cc(C(C)(C)C)c(O)c(C(C)(C)C)c3)CC2(C)C)cc(C(C)(C)C)c1O. The summed E-state index contributed by atoms with van der Waals surface area (Å²) in [6, 6.07) is 8.09. The Morgan fingerprint density at radius 2 is 0.942 bits per heavy atom. The van der Waals surface area contributed by atoms with Gasteiger partial charge in [0.25, 0.3) is 0 Å². The Balaban J connectivity index is 1.59. The van der Waals surface area contributed by atoms with Crippen molar-refractivity contribution in [2.24, 2.45) is 0 Å². The molecule has 8 heteroatoms. The number of aryl methyl sites for hydroxylation is 2. The number of nitrogens with zero attached hydrogens (tertiary/aromatic N) is 2. The predicted octanol–water partition coefficient (Wildman–Crippen LogP) is 9.03. The minimum absolute atomic E-state index is 0.230. The number of phenols is 2. The normalized spacial score (nSPS) is 17.2. The lowest BCUT2D eigenvalue weighted by Crippen LogP contribution is -2.69. The van der Waals surface area contributed by atoms with Crippen LogP contribution in [0.5, 0.6) is 11.5 Å². The van der Waals surface area contributed by atoms with Gasteiger partial charge < -0.3 is 19.8 Å². The van der Waals surface area contributed by atoms with Crippen LogP contribution in [0, 0.1) is 0 Å². The highest BCUT2D eigenvalue weighted by Crippen LogP contribution is 2.41. The minimum Gasteiger partial charge on any atom is -0.507 e. The van der Waals surface area contributed by atoms with Crippen LogP contribution in [0.1, 0.15) is 157 Å². The van der Waals surface area contributed by atoms with Gasteiger partial charge in [0, 0.05) is 24.0 Å². The highest BCUT2D eigenvalue weighted by atomic mass is 16.7. The number of esters is 1. The van der Waals surface area contributed by atoms with Gasteiger partial charge in [-0.15, -0.1) is 5.06 Å². The van der Waals surface area contributed by atoms with E-state index in [4.69, 9.17) is 9.57 Å². The van der Waals surface area contributed by atoms with Crippen LogP contribution < -0.4 is 0 Å². The zero-order valence-corrected chi connectivity index (χ0v) is 35.4. The molecule has 0 aliphatic carbocycles. The number of rotatable bonds is 10. The topological polar surface area (TPSA) is 99.5 Å². The van der Waals surface area contributed by atoms with Gasteiger partial charge in [0.2, 0.25) is 0 Å². The summed E-state index contributed by atoms with van der Waals surface area (Å²) in [6.45, 7) is 35.4. The molecule has 0 bridgehead atoms. The molecule has 0 amide bonds. The summed E-state index contributed by atoms with van der Waals surface area (Å²) < 4.78 is 5.76. The van der Waals surface area contributed by atoms with E-state index in [0.717, 1.165) is 33.4 Å². The largest absolute Gasteiger partial charge is 0.507 e. The van der Waals surface area contributed by atoms with Crippen molar-refractivity contribution in [3.05, 3.63) is 57.6 Å². The maximum absolute atomic E-state index is 13.2. The van der Waals surface area contributed by atoms with E-state index in [2.05, 4.69) is 116 Å². The molecule has 0 aromatic heterocycles. The van der Waals surface area contributed by atoms with Crippen molar-refractivity contribution in [2.45, 2.75) is 169 Å². The van der Waals surface area contributed by atoms with E-state index < -0.39 is 0 Å². The first-order valence-corrected chi connectivity index (χ1v) is 19.1. The number of carbonyl (C=O) groups is 2. The lowest BCUT2D eigenvalue weighted by atomic mass is 9.78. The molecule has 1 heterocycles. The number of carbonyl (C=O) groups excluding carboxylic acids is 2. The van der Waals surface area contributed by atoms with E-state index in [9.17, 15) is 19.8 Å². The van der Waals surface area contributed by atoms with Crippen LogP contribution in [0.25, 0.3) is 0 Å². The summed E-state index contributed by atoms with van der Waals surface area (Å²) >= 11 is 0. The Bertz CT molecular complexity index is 1510. The van der Waals surface area contributed by atoms with Gasteiger partial charge in [-0.1, -0.05) is 107 Å². The van der Waals surface area contributed by atoms with Gasteiger partial charge in [-0.05, 0) is 95.6 Å². The van der Waals surface area contributed by atoms with Crippen LogP contribution in [0.2, 0.25) is 0 Å². The number of hydrogen-bond donors (Lipinski definition) is 2. The quantitative estimate of drug-likeness (QED) is 0.235. The lowest BCUT2D eigenvalue weighted by Gasteiger charge is -2.55. The smallest absolute Gasteiger partial charge is 0.325 e. The Kier molecular flexibility index (Phi) is 12.8. The van der Waals surface area contributed by atoms with Crippen LogP contribution in [0.15, 0.2) is 24.3 Å². The van der Waals surface area contributed by atoms with E-state index in [1.807, 2.05) is 24.3 Å². The van der Waals surface area contributed by atoms with Crippen molar-refractivity contribution in [2.75, 3.05) is 26.2 Å². The molecular weight excluding hydrogens is 652 g/mol. The fraction of sp³-hybridized carbons (Fsp3) is 0.682. The van der Waals surface area contributed by atoms with Gasteiger partial charge in [0.05, 0.1) is 19.5 Å². The summed E-state index contributed by atoms with van der Waals surface area (Å²) in [6.07, 6.45) is 1.54. The molecule has 2 aromatic rings. The maximum atomic E-state index is 13.2. The summed E-state index contributed by atoms with van der Waals surface area (Å²) in [5, 5.41) is 23.9. The van der Waals surface area contributed by atoms with E-state index in [0.29, 0.717) is 44.0 Å². The monoisotopic (exact) mass is 723 g/mol. The lowest BCUT2D eigenvalue weighted by molar-refractivity contribution is -0.228. The number of hydroxylamine groups is 2. The van der Waals surface area contributed by atoms with Crippen molar-refractivity contribution >= 4 is 11.9 Å². The fourth-order valence-corrected chi connectivity index (χ4v) is 7.55. The second-order valence-electron chi connectivity index (χ2n) is 20.3. The first-order chi connectivity index (χ1) is 23.4. The summed E-state index contributed by atoms with van der Waals surface area (Å²) in [5.74, 6) is 0.144. The van der Waals surface area contributed by atoms with Gasteiger partial charge in [-0.2, -0.15) is 0 Å². The second-order valence-corrected chi connectivity index (χ2v) is 20.3. The Hall–Kier alpha value is -3.10. The number of phenolic OH excluding ortho intramolecular Hbond substituents is 2. The van der Waals surface area contributed by atoms with Gasteiger partial charge >= 0.3 is 11.9 Å². The third-order valence-corrected chi connectivity index (χ3v) is 10.2. The molecule has 0 unspecified atom stereocenters. The van der Waals surface area contributed by atoms with Crippen LogP contribution >= 0.6 is 0 Å². The average molecular weight is 723 g/mol. The molecule has 0 saturated carbocycles. The molecule has 2 aromatic carbocycles. The molecule has 0 radical (unpaired) electrons. The average Bonchev–Trinajstić information content (AvgIpc) is 2.94. The molecule has 52 heavy (non-hydrogen) atoms. The van der Waals surface area contributed by atoms with E-state index in [1.165, 1.54) is 0 Å². The van der Waals surface area contributed by atoms with Crippen molar-refractivity contribution in [3.63, 3.8) is 0 Å². The Morgan fingerprint density at radius 1 is 0.615 bits per heavy atom. The number of aromatic hydroxyl groups is 2. The molecule has 1 aliphatic heterocycles. The van der Waals surface area contributed by atoms with Gasteiger partial charge in [0.15, 0.2) is 0 Å². The third-order valence-electron chi connectivity index (χ3n) is 10.2. The molecule has 0 spiro atoms. The van der Waals surface area contributed by atoms with Gasteiger partial charge in [0.1, 0.15) is 18.1 Å². The fourth-order valence-electron chi connectivity index (χ4n) is 7.55. The van der Waals surface area contributed by atoms with Gasteiger partial charge in [-0.3, -0.25) is 14.5 Å². The van der Waals surface area contributed by atoms with Crippen LogP contribution in [0.3, 0.4) is 0 Å². The summed E-state index contributed by atoms with van der Waals surface area (Å²) in [7, 11) is 0. The van der Waals surface area contributed by atoms with Crippen molar-refractivity contribution in [1.82, 2.24) is 9.96 Å². The second kappa shape index (κ2) is 15.3. The molecule has 8 nitrogen and oxygen atoms in total. The maximum Gasteiger partial charge on any atom is 0.325 e. The Morgan fingerprint density at radius 3 is 1.27 bits per heavy atom. The number of hydrogen-bond acceptors (Lipinski definition) is 8. The standard InChI is InChI=1S/C44H70N2O6/c1-39(2,3)31-23-29(24-32(37(31)49)40(4,5)6)17-19-35(47)51-22-21-46-43(13,14)27-45(28-44(46,15)16)52-36(48)20-18-30-25-33(41(7,8)9)38(50)34(26-30)42(10,11)12/h23-26,49-50H,17-22,27-28H2,1-16H3. The van der Waals surface area contributed by atoms with Crippen molar-refractivity contribution < 1.29 is 29.4 Å². The predicted molar refractivity (Wildman–Crippen MR) is 211 cm³/mol. The van der Waals surface area contributed by atoms with Crippen LogP contribution in [0.4, 0.5) is 0 Å².